The molecule has 0 fully saturated rings. The third-order valence-corrected chi connectivity index (χ3v) is 6.57. The lowest BCUT2D eigenvalue weighted by Crippen LogP contribution is -2.60. The largest absolute Gasteiger partial charge is 0.494 e. The summed E-state index contributed by atoms with van der Waals surface area (Å²) in [6.07, 6.45) is 1.06. The third-order valence-electron chi connectivity index (χ3n) is 4.99. The molecule has 1 unspecified atom stereocenters. The summed E-state index contributed by atoms with van der Waals surface area (Å²) in [4.78, 5) is 30.7. The molecule has 2 heterocycles. The third kappa shape index (κ3) is 3.98. The lowest BCUT2D eigenvalue weighted by molar-refractivity contribution is -0.763. The number of amides is 1. The summed E-state index contributed by atoms with van der Waals surface area (Å²) >= 11 is 4.99. The Morgan fingerprint density at radius 1 is 1.38 bits per heavy atom. The molecule has 7 nitrogen and oxygen atoms in total. The predicted octanol–water partition coefficient (Wildman–Crippen LogP) is 4.08. The number of H-pyrrole nitrogens is 1. The van der Waals surface area contributed by atoms with Gasteiger partial charge in [-0.1, -0.05) is 45.9 Å². The molecule has 3 aromatic rings. The van der Waals surface area contributed by atoms with Crippen LogP contribution in [0.5, 0.6) is 5.75 Å². The van der Waals surface area contributed by atoms with Crippen molar-refractivity contribution in [2.45, 2.75) is 25.2 Å². The van der Waals surface area contributed by atoms with Gasteiger partial charge >= 0.3 is 11.3 Å². The summed E-state index contributed by atoms with van der Waals surface area (Å²) in [5.41, 5.74) is 2.16. The minimum absolute atomic E-state index is 0.170. The Morgan fingerprint density at radius 3 is 2.88 bits per heavy atom. The number of ether oxygens (including phenoxy) is 1. The van der Waals surface area contributed by atoms with E-state index in [9.17, 15) is 9.59 Å². The Labute approximate surface area is 198 Å². The number of hydrogen-bond acceptors (Lipinski definition) is 5. The van der Waals surface area contributed by atoms with E-state index in [4.69, 9.17) is 9.84 Å². The van der Waals surface area contributed by atoms with Gasteiger partial charge in [0.2, 0.25) is 11.1 Å². The van der Waals surface area contributed by atoms with Crippen LogP contribution in [-0.2, 0) is 4.79 Å². The van der Waals surface area contributed by atoms with Crippen molar-refractivity contribution >= 4 is 39.3 Å². The summed E-state index contributed by atoms with van der Waals surface area (Å²) < 4.78 is 8.11. The Balaban J connectivity index is 2.04. The highest BCUT2D eigenvalue weighted by Gasteiger charge is 2.45. The molecule has 32 heavy (non-hydrogen) atoms. The topological polar surface area (TPSA) is 79.2 Å². The van der Waals surface area contributed by atoms with Crippen molar-refractivity contribution in [2.75, 3.05) is 17.3 Å². The van der Waals surface area contributed by atoms with Gasteiger partial charge in [0, 0.05) is 22.2 Å². The summed E-state index contributed by atoms with van der Waals surface area (Å²) in [5, 5.41) is 5.19. The van der Waals surface area contributed by atoms with Crippen LogP contribution in [0, 0.1) is 0 Å². The fourth-order valence-electron chi connectivity index (χ4n) is 3.77. The highest BCUT2D eigenvalue weighted by atomic mass is 79.9. The van der Waals surface area contributed by atoms with E-state index in [0.29, 0.717) is 40.2 Å². The number of anilines is 1. The zero-order valence-electron chi connectivity index (χ0n) is 17.7. The van der Waals surface area contributed by atoms with Crippen molar-refractivity contribution in [3.8, 4) is 17.0 Å². The monoisotopic (exact) mass is 513 g/mol. The number of thioether (sulfide) groups is 1. The number of aromatic nitrogens is 3. The number of halogens is 1. The van der Waals surface area contributed by atoms with E-state index in [-0.39, 0.29) is 11.5 Å². The van der Waals surface area contributed by atoms with E-state index in [0.717, 1.165) is 10.0 Å². The van der Waals surface area contributed by atoms with Crippen molar-refractivity contribution in [3.63, 3.8) is 0 Å². The lowest BCUT2D eigenvalue weighted by atomic mass is 10.0. The SMILES string of the molecule is C=CCSc1n[n+]2c(c(=O)[nH]1)-c1ccccc1N(C(C)=O)C2c1cc(OCC)ccc1Br. The van der Waals surface area contributed by atoms with Crippen molar-refractivity contribution in [1.82, 2.24) is 10.1 Å². The smallest absolute Gasteiger partial charge is 0.325 e. The van der Waals surface area contributed by atoms with Crippen LogP contribution >= 0.6 is 27.7 Å². The van der Waals surface area contributed by atoms with Gasteiger partial charge in [0.1, 0.15) is 5.75 Å². The zero-order chi connectivity index (χ0) is 22.8. The molecule has 1 aliphatic heterocycles. The molecule has 0 bridgehead atoms. The number of fused-ring (bicyclic) bond motifs is 3. The molecule has 4 rings (SSSR count). The maximum absolute atomic E-state index is 13.2. The van der Waals surface area contributed by atoms with Gasteiger partial charge < -0.3 is 4.74 Å². The second-order valence-electron chi connectivity index (χ2n) is 7.05. The number of carbonyl (C=O) groups is 1. The normalized spacial score (nSPS) is 14.5. The fourth-order valence-corrected chi connectivity index (χ4v) is 4.81. The van der Waals surface area contributed by atoms with Crippen LogP contribution in [0.1, 0.15) is 25.6 Å². The number of carbonyl (C=O) groups excluding carboxylic acids is 1. The molecule has 1 aliphatic rings. The lowest BCUT2D eigenvalue weighted by Gasteiger charge is -2.31. The molecule has 1 atom stereocenters. The summed E-state index contributed by atoms with van der Waals surface area (Å²) in [6, 6.07) is 13.0. The summed E-state index contributed by atoms with van der Waals surface area (Å²) in [6.45, 7) is 7.66. The second kappa shape index (κ2) is 9.30. The van der Waals surface area contributed by atoms with Gasteiger partial charge in [-0.2, -0.15) is 0 Å². The highest BCUT2D eigenvalue weighted by molar-refractivity contribution is 9.10. The molecule has 0 saturated heterocycles. The van der Waals surface area contributed by atoms with Crippen molar-refractivity contribution in [1.29, 1.82) is 0 Å². The number of para-hydroxylation sites is 1. The number of benzene rings is 2. The van der Waals surface area contributed by atoms with Gasteiger partial charge in [0.25, 0.3) is 6.17 Å². The Bertz CT molecular complexity index is 1260. The Hall–Kier alpha value is -2.91. The van der Waals surface area contributed by atoms with Crippen LogP contribution in [0.4, 0.5) is 5.69 Å². The van der Waals surface area contributed by atoms with Crippen LogP contribution in [-0.4, -0.2) is 28.3 Å². The quantitative estimate of drug-likeness (QED) is 0.305. The maximum atomic E-state index is 13.2. The number of nitrogens with one attached hydrogen (secondary N) is 1. The minimum Gasteiger partial charge on any atom is -0.494 e. The first-order valence-corrected chi connectivity index (χ1v) is 11.8. The highest BCUT2D eigenvalue weighted by Crippen LogP contribution is 2.39. The van der Waals surface area contributed by atoms with Gasteiger partial charge in [-0.25, -0.2) is 4.90 Å². The van der Waals surface area contributed by atoms with E-state index < -0.39 is 6.17 Å². The van der Waals surface area contributed by atoms with E-state index in [1.165, 1.54) is 18.7 Å². The number of rotatable bonds is 6. The molecule has 0 aliphatic carbocycles. The summed E-state index contributed by atoms with van der Waals surface area (Å²) in [5.74, 6) is 1.08. The maximum Gasteiger partial charge on any atom is 0.325 e. The molecule has 0 saturated carbocycles. The van der Waals surface area contributed by atoms with E-state index in [1.807, 2.05) is 49.4 Å². The summed E-state index contributed by atoms with van der Waals surface area (Å²) in [7, 11) is 0. The second-order valence-corrected chi connectivity index (χ2v) is 8.91. The van der Waals surface area contributed by atoms with Crippen LogP contribution < -0.4 is 19.9 Å². The predicted molar refractivity (Wildman–Crippen MR) is 128 cm³/mol. The fraction of sp³-hybridized carbons (Fsp3) is 0.217. The molecule has 9 heteroatoms. The van der Waals surface area contributed by atoms with Gasteiger partial charge in [0.15, 0.2) is 0 Å². The van der Waals surface area contributed by atoms with Crippen molar-refractivity contribution in [2.24, 2.45) is 0 Å². The van der Waals surface area contributed by atoms with Gasteiger partial charge in [0.05, 0.1) is 23.4 Å². The molecule has 1 amide bonds. The van der Waals surface area contributed by atoms with Gasteiger partial charge in [-0.15, -0.1) is 6.58 Å². The first kappa shape index (κ1) is 22.3. The van der Waals surface area contributed by atoms with E-state index in [2.05, 4.69) is 27.5 Å². The number of hydrogen-bond donors (Lipinski definition) is 1. The van der Waals surface area contributed by atoms with Gasteiger partial charge in [-0.3, -0.25) is 14.6 Å². The average molecular weight is 514 g/mol. The molecule has 0 radical (unpaired) electrons. The molecule has 0 spiro atoms. The first-order valence-electron chi connectivity index (χ1n) is 10.1. The van der Waals surface area contributed by atoms with Crippen molar-refractivity contribution in [3.05, 3.63) is 75.5 Å². The van der Waals surface area contributed by atoms with E-state index in [1.54, 1.807) is 15.7 Å². The number of nitrogens with zero attached hydrogens (tertiary/aromatic N) is 3. The van der Waals surface area contributed by atoms with Crippen LogP contribution in [0.15, 0.2) is 69.5 Å². The molecular weight excluding hydrogens is 492 g/mol. The average Bonchev–Trinajstić information content (AvgIpc) is 2.78. The standard InChI is InChI=1S/C23H21BrN4O3S/c1-4-12-32-23-25-21(30)20-16-8-6-7-9-19(16)27(14(3)29)22(28(20)26-23)17-13-15(31-5-2)10-11-18(17)24/h4,6-11,13,22H,1,5,12H2,2-3H3/p+1. The Morgan fingerprint density at radius 2 is 2.16 bits per heavy atom. The van der Waals surface area contributed by atoms with Crippen molar-refractivity contribution < 1.29 is 14.2 Å². The van der Waals surface area contributed by atoms with Crippen LogP contribution in [0.3, 0.4) is 0 Å². The van der Waals surface area contributed by atoms with Gasteiger partial charge in [-0.05, 0) is 41.9 Å². The molecule has 2 aromatic carbocycles. The molecular formula is C23H22BrN4O3S+. The zero-order valence-corrected chi connectivity index (χ0v) is 20.1. The number of aromatic amines is 1. The Kier molecular flexibility index (Phi) is 6.48. The first-order chi connectivity index (χ1) is 15.5. The van der Waals surface area contributed by atoms with E-state index >= 15 is 0 Å². The van der Waals surface area contributed by atoms with Crippen LogP contribution in [0.2, 0.25) is 0 Å². The molecule has 1 aromatic heterocycles. The molecule has 1 N–H and O–H groups in total. The van der Waals surface area contributed by atoms with Crippen LogP contribution in [0.25, 0.3) is 11.3 Å². The minimum atomic E-state index is -0.683. The molecule has 164 valence electrons.